The van der Waals surface area contributed by atoms with Gasteiger partial charge in [0.05, 0.1) is 16.8 Å². The standard InChI is InChI=1S/C9H12O3S/c1-8(7-10)13(11,12)9-5-3-2-4-6-9/h2-6,8,10H,7H2,1H3/t8-/m1/s1. The van der Waals surface area contributed by atoms with E-state index in [0.717, 1.165) is 0 Å². The molecule has 1 aromatic carbocycles. The van der Waals surface area contributed by atoms with Crippen molar-refractivity contribution in [1.82, 2.24) is 0 Å². The van der Waals surface area contributed by atoms with Gasteiger partial charge in [0, 0.05) is 0 Å². The number of benzene rings is 1. The van der Waals surface area contributed by atoms with Crippen molar-refractivity contribution in [2.45, 2.75) is 17.1 Å². The molecular formula is C9H12O3S. The second kappa shape index (κ2) is 3.89. The molecule has 0 saturated heterocycles. The molecule has 1 aromatic rings. The average molecular weight is 200 g/mol. The molecule has 0 unspecified atom stereocenters. The molecular weight excluding hydrogens is 188 g/mol. The molecule has 0 aliphatic carbocycles. The summed E-state index contributed by atoms with van der Waals surface area (Å²) in [5, 5.41) is 8.01. The van der Waals surface area contributed by atoms with Gasteiger partial charge >= 0.3 is 0 Å². The normalized spacial score (nSPS) is 14.0. The number of aliphatic hydroxyl groups is 1. The van der Waals surface area contributed by atoms with Gasteiger partial charge < -0.3 is 5.11 Å². The number of rotatable bonds is 3. The van der Waals surface area contributed by atoms with Crippen LogP contribution in [0.4, 0.5) is 0 Å². The minimum atomic E-state index is -3.34. The fourth-order valence-corrected chi connectivity index (χ4v) is 2.14. The molecule has 72 valence electrons. The van der Waals surface area contributed by atoms with Gasteiger partial charge in [-0.3, -0.25) is 0 Å². The van der Waals surface area contributed by atoms with E-state index in [9.17, 15) is 8.42 Å². The number of hydrogen-bond donors (Lipinski definition) is 1. The van der Waals surface area contributed by atoms with Crippen molar-refractivity contribution >= 4 is 9.84 Å². The van der Waals surface area contributed by atoms with Crippen molar-refractivity contribution in [1.29, 1.82) is 0 Å². The van der Waals surface area contributed by atoms with Gasteiger partial charge in [0.2, 0.25) is 0 Å². The Kier molecular flexibility index (Phi) is 3.06. The minimum absolute atomic E-state index is 0.261. The first-order chi connectivity index (χ1) is 6.09. The highest BCUT2D eigenvalue weighted by Gasteiger charge is 2.21. The third-order valence-electron chi connectivity index (χ3n) is 1.86. The first kappa shape index (κ1) is 10.2. The molecule has 0 radical (unpaired) electrons. The Labute approximate surface area is 77.9 Å². The van der Waals surface area contributed by atoms with E-state index in [1.54, 1.807) is 18.2 Å². The summed E-state index contributed by atoms with van der Waals surface area (Å²) in [4.78, 5) is 0.261. The SMILES string of the molecule is C[C@H](CO)S(=O)(=O)c1ccccc1. The number of sulfone groups is 1. The van der Waals surface area contributed by atoms with Crippen LogP contribution < -0.4 is 0 Å². The van der Waals surface area contributed by atoms with E-state index in [-0.39, 0.29) is 11.5 Å². The predicted octanol–water partition coefficient (Wildman–Crippen LogP) is 0.841. The smallest absolute Gasteiger partial charge is 0.183 e. The molecule has 0 fully saturated rings. The summed E-state index contributed by atoms with van der Waals surface area (Å²) in [5.41, 5.74) is 0. The highest BCUT2D eigenvalue weighted by Crippen LogP contribution is 2.14. The molecule has 0 saturated carbocycles. The number of aliphatic hydroxyl groups excluding tert-OH is 1. The lowest BCUT2D eigenvalue weighted by Gasteiger charge is -2.09. The summed E-state index contributed by atoms with van der Waals surface area (Å²) in [5.74, 6) is 0. The second-order valence-corrected chi connectivity index (χ2v) is 5.22. The van der Waals surface area contributed by atoms with Crippen molar-refractivity contribution in [3.8, 4) is 0 Å². The van der Waals surface area contributed by atoms with Gasteiger partial charge in [0.1, 0.15) is 0 Å². The lowest BCUT2D eigenvalue weighted by molar-refractivity contribution is 0.295. The second-order valence-electron chi connectivity index (χ2n) is 2.85. The van der Waals surface area contributed by atoms with E-state index < -0.39 is 15.1 Å². The zero-order valence-corrected chi connectivity index (χ0v) is 8.16. The van der Waals surface area contributed by atoms with Crippen molar-refractivity contribution < 1.29 is 13.5 Å². The third-order valence-corrected chi connectivity index (χ3v) is 4.00. The molecule has 0 aromatic heterocycles. The van der Waals surface area contributed by atoms with Gasteiger partial charge in [-0.2, -0.15) is 0 Å². The Hall–Kier alpha value is -0.870. The molecule has 0 bridgehead atoms. The molecule has 0 aliphatic rings. The molecule has 13 heavy (non-hydrogen) atoms. The van der Waals surface area contributed by atoms with Crippen molar-refractivity contribution in [3.05, 3.63) is 30.3 Å². The van der Waals surface area contributed by atoms with Crippen molar-refractivity contribution in [2.24, 2.45) is 0 Å². The van der Waals surface area contributed by atoms with E-state index >= 15 is 0 Å². The van der Waals surface area contributed by atoms with E-state index in [4.69, 9.17) is 5.11 Å². The van der Waals surface area contributed by atoms with Crippen LogP contribution in [0.3, 0.4) is 0 Å². The van der Waals surface area contributed by atoms with Crippen molar-refractivity contribution in [2.75, 3.05) is 6.61 Å². The van der Waals surface area contributed by atoms with Crippen LogP contribution in [-0.4, -0.2) is 25.4 Å². The van der Waals surface area contributed by atoms with Crippen molar-refractivity contribution in [3.63, 3.8) is 0 Å². The zero-order valence-electron chi connectivity index (χ0n) is 7.34. The van der Waals surface area contributed by atoms with Gasteiger partial charge in [-0.1, -0.05) is 18.2 Å². The van der Waals surface area contributed by atoms with E-state index in [1.165, 1.54) is 19.1 Å². The maximum atomic E-state index is 11.6. The Morgan fingerprint density at radius 1 is 1.31 bits per heavy atom. The molecule has 1 rings (SSSR count). The van der Waals surface area contributed by atoms with Crippen LogP contribution in [0, 0.1) is 0 Å². The monoisotopic (exact) mass is 200 g/mol. The van der Waals surface area contributed by atoms with Crippen LogP contribution >= 0.6 is 0 Å². The van der Waals surface area contributed by atoms with E-state index in [0.29, 0.717) is 0 Å². The average Bonchev–Trinajstić information content (AvgIpc) is 2.18. The van der Waals surface area contributed by atoms with Gasteiger partial charge in [-0.25, -0.2) is 8.42 Å². The van der Waals surface area contributed by atoms with Crippen LogP contribution in [-0.2, 0) is 9.84 Å². The molecule has 0 aliphatic heterocycles. The molecule has 0 heterocycles. The zero-order chi connectivity index (χ0) is 9.90. The highest BCUT2D eigenvalue weighted by atomic mass is 32.2. The first-order valence-corrected chi connectivity index (χ1v) is 5.53. The molecule has 0 amide bonds. The van der Waals surface area contributed by atoms with Crippen LogP contribution in [0.2, 0.25) is 0 Å². The number of hydrogen-bond acceptors (Lipinski definition) is 3. The summed E-state index contributed by atoms with van der Waals surface area (Å²) in [6.07, 6.45) is 0. The summed E-state index contributed by atoms with van der Waals surface area (Å²) < 4.78 is 23.2. The Morgan fingerprint density at radius 3 is 2.31 bits per heavy atom. The first-order valence-electron chi connectivity index (χ1n) is 3.99. The van der Waals surface area contributed by atoms with Gasteiger partial charge in [0.15, 0.2) is 9.84 Å². The lowest BCUT2D eigenvalue weighted by atomic mass is 10.4. The molecule has 1 atom stereocenters. The Bertz CT molecular complexity index is 356. The Morgan fingerprint density at radius 2 is 1.85 bits per heavy atom. The highest BCUT2D eigenvalue weighted by molar-refractivity contribution is 7.92. The fraction of sp³-hybridized carbons (Fsp3) is 0.333. The fourth-order valence-electron chi connectivity index (χ4n) is 0.941. The van der Waals surface area contributed by atoms with Crippen LogP contribution in [0.25, 0.3) is 0 Å². The molecule has 0 spiro atoms. The summed E-state index contributed by atoms with van der Waals surface area (Å²) >= 11 is 0. The van der Waals surface area contributed by atoms with Gasteiger partial charge in [0.25, 0.3) is 0 Å². The molecule has 3 nitrogen and oxygen atoms in total. The predicted molar refractivity (Wildman–Crippen MR) is 50.2 cm³/mol. The van der Waals surface area contributed by atoms with Gasteiger partial charge in [-0.15, -0.1) is 0 Å². The summed E-state index contributed by atoms with van der Waals surface area (Å²) in [7, 11) is -3.34. The van der Waals surface area contributed by atoms with E-state index in [1.807, 2.05) is 0 Å². The van der Waals surface area contributed by atoms with E-state index in [2.05, 4.69) is 0 Å². The van der Waals surface area contributed by atoms with Gasteiger partial charge in [-0.05, 0) is 19.1 Å². The quantitative estimate of drug-likeness (QED) is 0.786. The maximum Gasteiger partial charge on any atom is 0.183 e. The lowest BCUT2D eigenvalue weighted by Crippen LogP contribution is -2.21. The topological polar surface area (TPSA) is 54.4 Å². The van der Waals surface area contributed by atoms with Crippen LogP contribution in [0.5, 0.6) is 0 Å². The molecule has 4 heteroatoms. The Balaban J connectivity index is 3.09. The molecule has 1 N–H and O–H groups in total. The minimum Gasteiger partial charge on any atom is -0.395 e. The maximum absolute atomic E-state index is 11.6. The van der Waals surface area contributed by atoms with Crippen LogP contribution in [0.1, 0.15) is 6.92 Å². The van der Waals surface area contributed by atoms with Crippen LogP contribution in [0.15, 0.2) is 35.2 Å². The summed E-state index contributed by atoms with van der Waals surface area (Å²) in [6, 6.07) is 8.14. The summed E-state index contributed by atoms with van der Waals surface area (Å²) in [6.45, 7) is 1.14. The third kappa shape index (κ3) is 2.08. The largest absolute Gasteiger partial charge is 0.395 e.